The molecule has 1 aliphatic carbocycles. The van der Waals surface area contributed by atoms with Crippen molar-refractivity contribution in [3.63, 3.8) is 0 Å². The zero-order chi connectivity index (χ0) is 20.7. The molecule has 29 heavy (non-hydrogen) atoms. The summed E-state index contributed by atoms with van der Waals surface area (Å²) in [5, 5.41) is 30.3. The van der Waals surface area contributed by atoms with Crippen LogP contribution < -0.4 is 4.74 Å². The Morgan fingerprint density at radius 1 is 1.10 bits per heavy atom. The molecule has 0 atom stereocenters. The molecule has 2 aromatic carbocycles. The van der Waals surface area contributed by atoms with Gasteiger partial charge in [-0.25, -0.2) is 0 Å². The number of hydrogen-bond acceptors (Lipinski definition) is 4. The lowest BCUT2D eigenvalue weighted by atomic mass is 10.0. The topological polar surface area (TPSA) is 78.4 Å². The van der Waals surface area contributed by atoms with Crippen LogP contribution in [0, 0.1) is 25.2 Å². The fraction of sp³-hybridized carbons (Fsp3) is 0.292. The average Bonchev–Trinajstić information content (AvgIpc) is 3.52. The summed E-state index contributed by atoms with van der Waals surface area (Å²) in [7, 11) is 0. The molecule has 0 aliphatic heterocycles. The third-order valence-corrected chi connectivity index (χ3v) is 5.64. The van der Waals surface area contributed by atoms with E-state index in [4.69, 9.17) is 4.74 Å². The Morgan fingerprint density at radius 2 is 1.86 bits per heavy atom. The first kappa shape index (κ1) is 18.9. The van der Waals surface area contributed by atoms with E-state index >= 15 is 0 Å². The monoisotopic (exact) mass is 388 g/mol. The Labute approximate surface area is 170 Å². The molecule has 0 radical (unpaired) electrons. The summed E-state index contributed by atoms with van der Waals surface area (Å²) in [6.45, 7) is 5.67. The number of hydrogen-bond donors (Lipinski definition) is 2. The van der Waals surface area contributed by atoms with Crippen molar-refractivity contribution < 1.29 is 14.9 Å². The Morgan fingerprint density at radius 3 is 2.45 bits per heavy atom. The number of aromatic nitrogens is 1. The molecule has 1 aromatic heterocycles. The number of aryl methyl sites for hydroxylation is 1. The number of aromatic hydroxyl groups is 2. The molecule has 3 aromatic rings. The Balaban J connectivity index is 1.66. The molecule has 5 nitrogen and oxygen atoms in total. The lowest BCUT2D eigenvalue weighted by Gasteiger charge is -2.13. The molecule has 0 bridgehead atoms. The molecule has 0 spiro atoms. The predicted octanol–water partition coefficient (Wildman–Crippen LogP) is 5.61. The third-order valence-electron chi connectivity index (χ3n) is 5.64. The first-order chi connectivity index (χ1) is 13.9. The summed E-state index contributed by atoms with van der Waals surface area (Å²) in [6.07, 6.45) is 2.88. The van der Waals surface area contributed by atoms with Gasteiger partial charge in [0.1, 0.15) is 11.5 Å². The molecule has 4 rings (SSSR count). The first-order valence-corrected chi connectivity index (χ1v) is 9.89. The van der Waals surface area contributed by atoms with Crippen LogP contribution in [-0.2, 0) is 6.42 Å². The van der Waals surface area contributed by atoms with Crippen LogP contribution in [0.2, 0.25) is 0 Å². The van der Waals surface area contributed by atoms with E-state index < -0.39 is 0 Å². The van der Waals surface area contributed by atoms with Gasteiger partial charge in [0, 0.05) is 11.1 Å². The second kappa shape index (κ2) is 7.21. The summed E-state index contributed by atoms with van der Waals surface area (Å²) in [5.74, 6) is 1.98. The van der Waals surface area contributed by atoms with Crippen LogP contribution in [0.3, 0.4) is 0 Å². The number of nitriles is 1. The lowest BCUT2D eigenvalue weighted by Crippen LogP contribution is -1.96. The minimum absolute atomic E-state index is 0.0496. The maximum absolute atomic E-state index is 10.5. The minimum atomic E-state index is 0.0496. The molecule has 148 valence electrons. The van der Waals surface area contributed by atoms with Crippen molar-refractivity contribution in [2.75, 3.05) is 0 Å². The second-order valence-corrected chi connectivity index (χ2v) is 7.63. The number of rotatable bonds is 5. The van der Waals surface area contributed by atoms with Gasteiger partial charge in [-0.3, -0.25) is 4.57 Å². The maximum atomic E-state index is 10.5. The first-order valence-electron chi connectivity index (χ1n) is 9.89. The molecule has 0 saturated heterocycles. The summed E-state index contributed by atoms with van der Waals surface area (Å²) in [6, 6.07) is 13.4. The SMILES string of the molecule is CCc1c(C)c(O)n(-c2ccc(Oc3ccc(C#N)c(C4CC4)c3)c(C)c2)c1O. The van der Waals surface area contributed by atoms with E-state index in [0.717, 1.165) is 29.5 Å². The smallest absolute Gasteiger partial charge is 0.202 e. The van der Waals surface area contributed by atoms with Crippen LogP contribution in [0.15, 0.2) is 36.4 Å². The van der Waals surface area contributed by atoms with E-state index in [1.165, 1.54) is 4.57 Å². The van der Waals surface area contributed by atoms with Gasteiger partial charge < -0.3 is 14.9 Å². The van der Waals surface area contributed by atoms with Crippen LogP contribution in [0.4, 0.5) is 0 Å². The zero-order valence-electron chi connectivity index (χ0n) is 16.9. The molecule has 0 amide bonds. The summed E-state index contributed by atoms with van der Waals surface area (Å²) < 4.78 is 7.54. The van der Waals surface area contributed by atoms with Crippen molar-refractivity contribution in [3.05, 3.63) is 64.2 Å². The number of ether oxygens (including phenoxy) is 1. The molecule has 1 heterocycles. The van der Waals surface area contributed by atoms with Crippen molar-refractivity contribution in [2.24, 2.45) is 0 Å². The predicted molar refractivity (Wildman–Crippen MR) is 111 cm³/mol. The Hall–Kier alpha value is -3.39. The van der Waals surface area contributed by atoms with Gasteiger partial charge in [-0.2, -0.15) is 5.26 Å². The second-order valence-electron chi connectivity index (χ2n) is 7.63. The Kier molecular flexibility index (Phi) is 4.71. The van der Waals surface area contributed by atoms with Gasteiger partial charge >= 0.3 is 0 Å². The summed E-state index contributed by atoms with van der Waals surface area (Å²) in [4.78, 5) is 0. The van der Waals surface area contributed by atoms with Gasteiger partial charge in [-0.05, 0) is 86.6 Å². The van der Waals surface area contributed by atoms with Crippen molar-refractivity contribution >= 4 is 0 Å². The summed E-state index contributed by atoms with van der Waals surface area (Å²) >= 11 is 0. The number of benzene rings is 2. The molecule has 1 fully saturated rings. The van der Waals surface area contributed by atoms with Crippen LogP contribution in [0.1, 0.15) is 53.5 Å². The summed E-state index contributed by atoms with van der Waals surface area (Å²) in [5.41, 5.74) is 4.75. The molecule has 2 N–H and O–H groups in total. The van der Waals surface area contributed by atoms with Gasteiger partial charge in [-0.15, -0.1) is 0 Å². The van der Waals surface area contributed by atoms with E-state index in [-0.39, 0.29) is 11.8 Å². The van der Waals surface area contributed by atoms with Gasteiger partial charge in [0.25, 0.3) is 0 Å². The highest BCUT2D eigenvalue weighted by atomic mass is 16.5. The van der Waals surface area contributed by atoms with E-state index in [9.17, 15) is 15.5 Å². The fourth-order valence-corrected chi connectivity index (χ4v) is 3.83. The van der Waals surface area contributed by atoms with Crippen molar-refractivity contribution in [1.29, 1.82) is 5.26 Å². The highest BCUT2D eigenvalue weighted by Crippen LogP contribution is 2.43. The molecule has 5 heteroatoms. The largest absolute Gasteiger partial charge is 0.494 e. The van der Waals surface area contributed by atoms with Crippen molar-refractivity contribution in [1.82, 2.24) is 4.57 Å². The van der Waals surface area contributed by atoms with E-state index in [0.29, 0.717) is 40.7 Å². The average molecular weight is 388 g/mol. The normalized spacial score (nSPS) is 13.3. The van der Waals surface area contributed by atoms with Gasteiger partial charge in [0.2, 0.25) is 11.8 Å². The van der Waals surface area contributed by atoms with E-state index in [1.807, 2.05) is 50.2 Å². The standard InChI is InChI=1S/C24H24N2O3/c1-4-20-15(3)23(27)26(24(20)28)18-8-10-22(14(2)11-18)29-19-9-7-17(13-25)21(12-19)16-5-6-16/h7-12,16,27-28H,4-6H2,1-3H3. The minimum Gasteiger partial charge on any atom is -0.494 e. The molecular weight excluding hydrogens is 364 g/mol. The van der Waals surface area contributed by atoms with Crippen LogP contribution in [0.5, 0.6) is 23.3 Å². The molecule has 0 unspecified atom stereocenters. The maximum Gasteiger partial charge on any atom is 0.202 e. The highest BCUT2D eigenvalue weighted by molar-refractivity contribution is 5.55. The molecule has 1 aliphatic rings. The number of nitrogens with zero attached hydrogens (tertiary/aromatic N) is 2. The molecular formula is C24H24N2O3. The van der Waals surface area contributed by atoms with Crippen LogP contribution in [0.25, 0.3) is 5.69 Å². The lowest BCUT2D eigenvalue weighted by molar-refractivity contribution is 0.399. The van der Waals surface area contributed by atoms with Crippen molar-refractivity contribution in [3.8, 4) is 35.0 Å². The highest BCUT2D eigenvalue weighted by Gasteiger charge is 2.26. The third kappa shape index (κ3) is 3.31. The van der Waals surface area contributed by atoms with Gasteiger partial charge in [-0.1, -0.05) is 6.92 Å². The zero-order valence-corrected chi connectivity index (χ0v) is 16.9. The fourth-order valence-electron chi connectivity index (χ4n) is 3.83. The Bertz CT molecular complexity index is 1130. The van der Waals surface area contributed by atoms with Gasteiger partial charge in [0.05, 0.1) is 17.3 Å². The quantitative estimate of drug-likeness (QED) is 0.595. The van der Waals surface area contributed by atoms with Gasteiger partial charge in [0.15, 0.2) is 0 Å². The van der Waals surface area contributed by atoms with Crippen LogP contribution in [-0.4, -0.2) is 14.8 Å². The van der Waals surface area contributed by atoms with Crippen LogP contribution >= 0.6 is 0 Å². The van der Waals surface area contributed by atoms with E-state index in [2.05, 4.69) is 6.07 Å². The molecule has 1 saturated carbocycles. The van der Waals surface area contributed by atoms with E-state index in [1.54, 1.807) is 6.92 Å². The van der Waals surface area contributed by atoms with Crippen molar-refractivity contribution in [2.45, 2.75) is 46.0 Å².